The zero-order chi connectivity index (χ0) is 17.9. The van der Waals surface area contributed by atoms with E-state index in [0.29, 0.717) is 6.04 Å². The van der Waals surface area contributed by atoms with Crippen molar-refractivity contribution in [3.05, 3.63) is 48.5 Å². The van der Waals surface area contributed by atoms with Crippen LogP contribution in [0.1, 0.15) is 20.3 Å². The normalized spacial score (nSPS) is 18.0. The van der Waals surface area contributed by atoms with Crippen LogP contribution in [0.5, 0.6) is 0 Å². The van der Waals surface area contributed by atoms with Crippen molar-refractivity contribution in [3.8, 4) is 0 Å². The van der Waals surface area contributed by atoms with Crippen LogP contribution >= 0.6 is 11.8 Å². The molecule has 0 bridgehead atoms. The smallest absolute Gasteiger partial charge is 0.0552 e. The summed E-state index contributed by atoms with van der Waals surface area (Å²) in [4.78, 5) is 10.5. The molecule has 0 amide bonds. The van der Waals surface area contributed by atoms with Crippen LogP contribution in [0.15, 0.2) is 58.3 Å². The molecular formula is C22H29N3S. The molecule has 0 N–H and O–H groups in total. The number of anilines is 2. The summed E-state index contributed by atoms with van der Waals surface area (Å²) in [6.45, 7) is 11.7. The van der Waals surface area contributed by atoms with E-state index in [2.05, 4.69) is 77.1 Å². The Morgan fingerprint density at radius 1 is 0.808 bits per heavy atom. The molecule has 2 heterocycles. The van der Waals surface area contributed by atoms with Gasteiger partial charge in [0.05, 0.1) is 11.4 Å². The quantitative estimate of drug-likeness (QED) is 0.757. The zero-order valence-corrected chi connectivity index (χ0v) is 16.7. The molecule has 1 fully saturated rings. The first kappa shape index (κ1) is 17.9. The number of piperazine rings is 1. The van der Waals surface area contributed by atoms with Gasteiger partial charge >= 0.3 is 0 Å². The van der Waals surface area contributed by atoms with E-state index in [4.69, 9.17) is 0 Å². The number of fused-ring (bicyclic) bond motifs is 2. The van der Waals surface area contributed by atoms with Crippen molar-refractivity contribution < 1.29 is 0 Å². The Kier molecular flexibility index (Phi) is 5.53. The predicted octanol–water partition coefficient (Wildman–Crippen LogP) is 4.71. The van der Waals surface area contributed by atoms with Gasteiger partial charge in [0.2, 0.25) is 0 Å². The average molecular weight is 368 g/mol. The first-order valence-corrected chi connectivity index (χ1v) is 10.6. The zero-order valence-electron chi connectivity index (χ0n) is 15.9. The second kappa shape index (κ2) is 8.03. The lowest BCUT2D eigenvalue weighted by Gasteiger charge is -2.37. The highest BCUT2D eigenvalue weighted by Crippen LogP contribution is 2.47. The van der Waals surface area contributed by atoms with E-state index >= 15 is 0 Å². The molecule has 4 heteroatoms. The summed E-state index contributed by atoms with van der Waals surface area (Å²) in [5.41, 5.74) is 2.72. The molecule has 4 rings (SSSR count). The number of hydrogen-bond donors (Lipinski definition) is 0. The van der Waals surface area contributed by atoms with Gasteiger partial charge in [0.15, 0.2) is 0 Å². The summed E-state index contributed by atoms with van der Waals surface area (Å²) in [5.74, 6) is 0. The lowest BCUT2D eigenvalue weighted by atomic mass is 10.2. The van der Waals surface area contributed by atoms with Gasteiger partial charge in [-0.05, 0) is 51.1 Å². The fourth-order valence-corrected chi connectivity index (χ4v) is 5.07. The monoisotopic (exact) mass is 367 g/mol. The summed E-state index contributed by atoms with van der Waals surface area (Å²) < 4.78 is 0. The molecule has 0 saturated carbocycles. The van der Waals surface area contributed by atoms with Gasteiger partial charge in [-0.2, -0.15) is 0 Å². The van der Waals surface area contributed by atoms with Crippen molar-refractivity contribution in [3.63, 3.8) is 0 Å². The van der Waals surface area contributed by atoms with Gasteiger partial charge in [0.25, 0.3) is 0 Å². The highest BCUT2D eigenvalue weighted by atomic mass is 32.2. The third-order valence-corrected chi connectivity index (χ3v) is 6.66. The predicted molar refractivity (Wildman–Crippen MR) is 112 cm³/mol. The van der Waals surface area contributed by atoms with Gasteiger partial charge in [-0.3, -0.25) is 4.90 Å². The van der Waals surface area contributed by atoms with Gasteiger partial charge < -0.3 is 9.80 Å². The van der Waals surface area contributed by atoms with Gasteiger partial charge in [-0.1, -0.05) is 36.0 Å². The van der Waals surface area contributed by atoms with Crippen molar-refractivity contribution in [2.24, 2.45) is 0 Å². The Hall–Kier alpha value is -1.49. The minimum absolute atomic E-state index is 0.677. The number of benzene rings is 2. The Labute approximate surface area is 162 Å². The molecule has 138 valence electrons. The number of hydrogen-bond acceptors (Lipinski definition) is 4. The van der Waals surface area contributed by atoms with E-state index < -0.39 is 0 Å². The second-order valence-electron chi connectivity index (χ2n) is 7.51. The Morgan fingerprint density at radius 3 is 1.96 bits per heavy atom. The molecule has 1 saturated heterocycles. The molecule has 0 aromatic heterocycles. The van der Waals surface area contributed by atoms with Crippen molar-refractivity contribution in [2.75, 3.05) is 44.2 Å². The second-order valence-corrected chi connectivity index (χ2v) is 8.60. The summed E-state index contributed by atoms with van der Waals surface area (Å²) in [5, 5.41) is 0. The van der Waals surface area contributed by atoms with Crippen LogP contribution in [0.4, 0.5) is 11.4 Å². The summed E-state index contributed by atoms with van der Waals surface area (Å²) in [6, 6.07) is 18.3. The number of rotatable bonds is 5. The maximum absolute atomic E-state index is 2.63. The van der Waals surface area contributed by atoms with Gasteiger partial charge in [-0.15, -0.1) is 0 Å². The number of nitrogens with zero attached hydrogens (tertiary/aromatic N) is 3. The van der Waals surface area contributed by atoms with E-state index in [-0.39, 0.29) is 0 Å². The molecule has 3 nitrogen and oxygen atoms in total. The molecule has 2 aliphatic heterocycles. The van der Waals surface area contributed by atoms with Crippen LogP contribution in [-0.2, 0) is 0 Å². The van der Waals surface area contributed by atoms with Crippen LogP contribution in [0.25, 0.3) is 0 Å². The summed E-state index contributed by atoms with van der Waals surface area (Å²) >= 11 is 1.89. The molecule has 2 aromatic rings. The fourth-order valence-electron chi connectivity index (χ4n) is 3.98. The molecule has 0 radical (unpaired) electrons. The third kappa shape index (κ3) is 3.78. The number of para-hydroxylation sites is 2. The minimum Gasteiger partial charge on any atom is -0.340 e. The van der Waals surface area contributed by atoms with E-state index in [9.17, 15) is 0 Å². The molecule has 0 atom stereocenters. The average Bonchev–Trinajstić information content (AvgIpc) is 2.68. The largest absolute Gasteiger partial charge is 0.340 e. The maximum atomic E-state index is 2.63. The topological polar surface area (TPSA) is 9.72 Å². The van der Waals surface area contributed by atoms with Crippen LogP contribution in [0.2, 0.25) is 0 Å². The van der Waals surface area contributed by atoms with Crippen LogP contribution in [0.3, 0.4) is 0 Å². The van der Waals surface area contributed by atoms with Crippen molar-refractivity contribution in [1.29, 1.82) is 0 Å². The van der Waals surface area contributed by atoms with E-state index in [1.54, 1.807) is 0 Å². The van der Waals surface area contributed by atoms with Crippen molar-refractivity contribution in [1.82, 2.24) is 9.80 Å². The highest BCUT2D eigenvalue weighted by molar-refractivity contribution is 7.99. The summed E-state index contributed by atoms with van der Waals surface area (Å²) in [6.07, 6.45) is 1.20. The van der Waals surface area contributed by atoms with E-state index in [1.165, 1.54) is 60.3 Å². The first-order chi connectivity index (χ1) is 12.7. The lowest BCUT2D eigenvalue weighted by Crippen LogP contribution is -2.49. The SMILES string of the molecule is CC(C)N1CCN(CCCN2c3ccccc3Sc3ccccc32)CC1. The Morgan fingerprint density at radius 2 is 1.38 bits per heavy atom. The molecule has 0 unspecified atom stereocenters. The Balaban J connectivity index is 1.40. The van der Waals surface area contributed by atoms with E-state index in [0.717, 1.165) is 6.54 Å². The van der Waals surface area contributed by atoms with Crippen LogP contribution < -0.4 is 4.90 Å². The summed E-state index contributed by atoms with van der Waals surface area (Å²) in [7, 11) is 0. The fraction of sp³-hybridized carbons (Fsp3) is 0.455. The molecule has 0 spiro atoms. The molecule has 2 aliphatic rings. The van der Waals surface area contributed by atoms with Gasteiger partial charge in [0, 0.05) is 48.6 Å². The highest BCUT2D eigenvalue weighted by Gasteiger charge is 2.23. The standard InChI is InChI=1S/C22H29N3S/c1-18(2)24-16-14-23(15-17-24)12-7-13-25-19-8-3-5-10-21(19)26-22-11-6-4-9-20(22)25/h3-6,8-11,18H,7,12-17H2,1-2H3. The van der Waals surface area contributed by atoms with Gasteiger partial charge in [0.1, 0.15) is 0 Å². The van der Waals surface area contributed by atoms with E-state index in [1.807, 2.05) is 11.8 Å². The first-order valence-electron chi connectivity index (χ1n) is 9.82. The van der Waals surface area contributed by atoms with Crippen molar-refractivity contribution >= 4 is 23.1 Å². The molecular weight excluding hydrogens is 338 g/mol. The van der Waals surface area contributed by atoms with Crippen molar-refractivity contribution in [2.45, 2.75) is 36.1 Å². The molecule has 26 heavy (non-hydrogen) atoms. The maximum Gasteiger partial charge on any atom is 0.0552 e. The Bertz CT molecular complexity index is 692. The molecule has 2 aromatic carbocycles. The van der Waals surface area contributed by atoms with Crippen LogP contribution in [0, 0.1) is 0 Å². The third-order valence-electron chi connectivity index (χ3n) is 5.53. The molecule has 0 aliphatic carbocycles. The minimum atomic E-state index is 0.677. The lowest BCUT2D eigenvalue weighted by molar-refractivity contribution is 0.108. The van der Waals surface area contributed by atoms with Gasteiger partial charge in [-0.25, -0.2) is 0 Å². The van der Waals surface area contributed by atoms with Crippen LogP contribution in [-0.4, -0.2) is 55.1 Å².